The first-order valence-electron chi connectivity index (χ1n) is 3.87. The van der Waals surface area contributed by atoms with Crippen LogP contribution < -0.4 is 5.73 Å². The summed E-state index contributed by atoms with van der Waals surface area (Å²) in [6, 6.07) is -1.12. The third-order valence-corrected chi connectivity index (χ3v) is 3.97. The summed E-state index contributed by atoms with van der Waals surface area (Å²) in [5.41, 5.74) is 5.00. The SMILES string of the molecule is N[C@@H](C[SeH])C(=O)O.O=C(O)[C@H](C[SeH])N([SeH])[SeH]. The van der Waals surface area contributed by atoms with E-state index in [0.717, 1.165) is 0 Å². The number of carbonyl (C=O) groups is 2. The predicted octanol–water partition coefficient (Wildman–Crippen LogP) is -3.59. The van der Waals surface area contributed by atoms with Gasteiger partial charge in [-0.3, -0.25) is 0 Å². The molecule has 96 valence electrons. The molecule has 0 radical (unpaired) electrons. The Labute approximate surface area is 127 Å². The molecule has 0 aromatic carbocycles. The molecule has 6 nitrogen and oxygen atoms in total. The Hall–Kier alpha value is 0.938. The second-order valence-corrected chi connectivity index (χ2v) is 7.31. The quantitative estimate of drug-likeness (QED) is 0.342. The number of carboxylic acids is 2. The molecular weight excluding hydrogens is 480 g/mol. The molecule has 0 amide bonds. The van der Waals surface area contributed by atoms with E-state index in [0.29, 0.717) is 10.6 Å². The van der Waals surface area contributed by atoms with Crippen LogP contribution in [0.25, 0.3) is 0 Å². The van der Waals surface area contributed by atoms with Gasteiger partial charge >= 0.3 is 128 Å². The Morgan fingerprint density at radius 1 is 1.12 bits per heavy atom. The summed E-state index contributed by atoms with van der Waals surface area (Å²) in [5.74, 6) is -1.74. The number of rotatable bonds is 5. The van der Waals surface area contributed by atoms with Gasteiger partial charge < -0.3 is 0 Å². The van der Waals surface area contributed by atoms with Crippen molar-refractivity contribution in [3.05, 3.63) is 0 Å². The second kappa shape index (κ2) is 11.1. The first-order valence-corrected chi connectivity index (χ1v) is 8.21. The maximum absolute atomic E-state index is 10.3. The van der Waals surface area contributed by atoms with Crippen LogP contribution in [-0.2, 0) is 9.59 Å². The van der Waals surface area contributed by atoms with Gasteiger partial charge in [-0.1, -0.05) is 0 Å². The molecule has 0 saturated carbocycles. The van der Waals surface area contributed by atoms with Crippen LogP contribution in [-0.4, -0.2) is 102 Å². The van der Waals surface area contributed by atoms with E-state index in [2.05, 4.69) is 64.5 Å². The summed E-state index contributed by atoms with van der Waals surface area (Å²) in [7, 11) is 0. The predicted molar refractivity (Wildman–Crippen MR) is 67.1 cm³/mol. The van der Waals surface area contributed by atoms with Crippen LogP contribution in [0.2, 0.25) is 10.6 Å². The van der Waals surface area contributed by atoms with E-state index in [1.54, 1.807) is 2.93 Å². The first-order chi connectivity index (χ1) is 7.27. The van der Waals surface area contributed by atoms with Crippen molar-refractivity contribution in [1.29, 1.82) is 0 Å². The molecule has 0 spiro atoms. The molecule has 10 heteroatoms. The van der Waals surface area contributed by atoms with E-state index in [9.17, 15) is 9.59 Å². The van der Waals surface area contributed by atoms with Crippen LogP contribution >= 0.6 is 0 Å². The monoisotopic (exact) mass is 498 g/mol. The molecule has 0 heterocycles. The molecule has 16 heavy (non-hydrogen) atoms. The number of hydrogen-bond donors (Lipinski definition) is 3. The van der Waals surface area contributed by atoms with Crippen molar-refractivity contribution >= 4 is 76.4 Å². The van der Waals surface area contributed by atoms with Gasteiger partial charge in [0, 0.05) is 0 Å². The molecule has 0 aliphatic heterocycles. The molecule has 0 aromatic heterocycles. The number of carboxylic acid groups (broad SMARTS) is 2. The molecule has 0 aromatic rings. The number of aliphatic carboxylic acids is 2. The third kappa shape index (κ3) is 10.1. The molecular formula is C6H14N2O4Se4. The second-order valence-electron chi connectivity index (χ2n) is 2.48. The van der Waals surface area contributed by atoms with Gasteiger partial charge in [0.05, 0.1) is 0 Å². The average molecular weight is 494 g/mol. The van der Waals surface area contributed by atoms with Crippen molar-refractivity contribution in [2.45, 2.75) is 22.7 Å². The fourth-order valence-corrected chi connectivity index (χ4v) is 3.30. The Kier molecular flexibility index (Phi) is 13.3. The van der Waals surface area contributed by atoms with E-state index in [4.69, 9.17) is 15.9 Å². The van der Waals surface area contributed by atoms with Gasteiger partial charge in [-0.25, -0.2) is 0 Å². The summed E-state index contributed by atoms with van der Waals surface area (Å²) in [4.78, 5) is 20.1. The molecule has 0 bridgehead atoms. The Balaban J connectivity index is 0. The molecule has 0 aliphatic rings. The zero-order valence-corrected chi connectivity index (χ0v) is 15.6. The summed E-state index contributed by atoms with van der Waals surface area (Å²) >= 11 is 8.69. The van der Waals surface area contributed by atoms with E-state index in [-0.39, 0.29) is 0 Å². The summed E-state index contributed by atoms with van der Waals surface area (Å²) in [5, 5.41) is 17.5. The van der Waals surface area contributed by atoms with Crippen molar-refractivity contribution in [3.8, 4) is 0 Å². The van der Waals surface area contributed by atoms with E-state index in [1.807, 2.05) is 0 Å². The Bertz CT molecular complexity index is 229. The molecule has 0 rings (SSSR count). The van der Waals surface area contributed by atoms with Gasteiger partial charge in [-0.2, -0.15) is 0 Å². The fraction of sp³-hybridized carbons (Fsp3) is 0.667. The van der Waals surface area contributed by atoms with Crippen molar-refractivity contribution in [1.82, 2.24) is 2.93 Å². The molecule has 2 atom stereocenters. The van der Waals surface area contributed by atoms with Gasteiger partial charge in [0.25, 0.3) is 0 Å². The standard InChI is InChI=1S/C3H7NO2Se3.C3H7NO2Se/c5-3(6)2(1-7)4(8)9;4-2(1-7)3(5)6/h2,7-9H,1H2,(H,5,6);2,7H,1,4H2,(H,5,6)/t2*2-/m00/s1. The van der Waals surface area contributed by atoms with Crippen molar-refractivity contribution in [2.75, 3.05) is 0 Å². The molecule has 0 fully saturated rings. The van der Waals surface area contributed by atoms with Crippen molar-refractivity contribution in [3.63, 3.8) is 0 Å². The minimum atomic E-state index is -0.944. The van der Waals surface area contributed by atoms with E-state index >= 15 is 0 Å². The minimum absolute atomic E-state index is 0.412. The first kappa shape index (κ1) is 19.3. The normalized spacial score (nSPS) is 13.6. The number of hydrogen-bond acceptors (Lipinski definition) is 4. The van der Waals surface area contributed by atoms with Gasteiger partial charge in [0.15, 0.2) is 0 Å². The summed E-state index contributed by atoms with van der Waals surface area (Å²) < 4.78 is 1.56. The van der Waals surface area contributed by atoms with Crippen LogP contribution in [0.15, 0.2) is 0 Å². The van der Waals surface area contributed by atoms with Crippen molar-refractivity contribution < 1.29 is 19.8 Å². The van der Waals surface area contributed by atoms with Crippen LogP contribution in [0, 0.1) is 0 Å². The van der Waals surface area contributed by atoms with Gasteiger partial charge in [0.1, 0.15) is 0 Å². The number of nitrogens with two attached hydrogens (primary N) is 1. The fourth-order valence-electron chi connectivity index (χ4n) is 0.328. The summed E-state index contributed by atoms with van der Waals surface area (Å²) in [6.07, 6.45) is 0. The van der Waals surface area contributed by atoms with Gasteiger partial charge in [0.2, 0.25) is 0 Å². The maximum atomic E-state index is 10.3. The topological polar surface area (TPSA) is 104 Å². The van der Waals surface area contributed by atoms with Crippen LogP contribution in [0.1, 0.15) is 0 Å². The Morgan fingerprint density at radius 3 is 1.56 bits per heavy atom. The zero-order chi connectivity index (χ0) is 13.3. The van der Waals surface area contributed by atoms with Crippen LogP contribution in [0.3, 0.4) is 0 Å². The number of nitrogens with zero attached hydrogens (tertiary/aromatic N) is 1. The third-order valence-electron chi connectivity index (χ3n) is 1.25. The molecule has 0 unspecified atom stereocenters. The van der Waals surface area contributed by atoms with E-state index < -0.39 is 24.0 Å². The molecule has 0 saturated heterocycles. The van der Waals surface area contributed by atoms with E-state index in [1.165, 1.54) is 0 Å². The molecule has 0 aliphatic carbocycles. The Morgan fingerprint density at radius 2 is 1.56 bits per heavy atom. The average Bonchev–Trinajstić information content (AvgIpc) is 2.17. The van der Waals surface area contributed by atoms with Gasteiger partial charge in [-0.15, -0.1) is 0 Å². The van der Waals surface area contributed by atoms with Crippen LogP contribution in [0.5, 0.6) is 0 Å². The van der Waals surface area contributed by atoms with Crippen molar-refractivity contribution in [2.24, 2.45) is 5.73 Å². The summed E-state index contributed by atoms with van der Waals surface area (Å²) in [6.45, 7) is 0. The van der Waals surface area contributed by atoms with Crippen LogP contribution in [0.4, 0.5) is 0 Å². The zero-order valence-electron chi connectivity index (χ0n) is 8.09. The molecule has 4 N–H and O–H groups in total. The van der Waals surface area contributed by atoms with Gasteiger partial charge in [-0.05, 0) is 0 Å².